The molecule has 0 bridgehead atoms. The first-order chi connectivity index (χ1) is 12.6. The summed E-state index contributed by atoms with van der Waals surface area (Å²) >= 11 is 0. The molecule has 3 aromatic rings. The molecule has 0 atom stereocenters. The van der Waals surface area contributed by atoms with Crippen molar-refractivity contribution >= 4 is 0 Å². The van der Waals surface area contributed by atoms with Gasteiger partial charge in [0.05, 0.1) is 5.56 Å². The zero-order valence-electron chi connectivity index (χ0n) is 17.6. The second-order valence-corrected chi connectivity index (χ2v) is 7.51. The fourth-order valence-corrected chi connectivity index (χ4v) is 4.30. The van der Waals surface area contributed by atoms with Crippen molar-refractivity contribution in [1.82, 2.24) is 0 Å². The molecule has 1 aliphatic carbocycles. The molecule has 0 unspecified atom stereocenters. The second kappa shape index (κ2) is 5.56. The van der Waals surface area contributed by atoms with Gasteiger partial charge in [-0.25, -0.2) is 4.57 Å². The molecule has 0 amide bonds. The summed E-state index contributed by atoms with van der Waals surface area (Å²) in [5.41, 5.74) is 9.37. The molecule has 0 radical (unpaired) electrons. The van der Waals surface area contributed by atoms with Crippen LogP contribution in [0.2, 0.25) is 0 Å². The molecule has 0 saturated carbocycles. The smallest absolute Gasteiger partial charge is 0.201 e. The predicted molar refractivity (Wildman–Crippen MR) is 105 cm³/mol. The molecular formula is C24H26N+. The van der Waals surface area contributed by atoms with E-state index in [4.69, 9.17) is 2.74 Å². The Morgan fingerprint density at radius 3 is 2.56 bits per heavy atom. The Labute approximate surface area is 153 Å². The largest absolute Gasteiger partial charge is 0.212 e. The number of hydrogen-bond acceptors (Lipinski definition) is 0. The minimum Gasteiger partial charge on any atom is -0.201 e. The molecule has 1 heteroatoms. The molecule has 0 saturated heterocycles. The van der Waals surface area contributed by atoms with Gasteiger partial charge < -0.3 is 0 Å². The van der Waals surface area contributed by atoms with Gasteiger partial charge >= 0.3 is 0 Å². The van der Waals surface area contributed by atoms with Crippen LogP contribution in [-0.2, 0) is 18.8 Å². The molecule has 1 nitrogen and oxygen atoms in total. The number of aromatic nitrogens is 1. The SMILES string of the molecule is [2H]C([2H])(C)c1ccc2c(c1)-c1ccc(C)c(-c3cccc[n+]3C)c1C2(C)C. The number of nitrogens with zero attached hydrogens (tertiary/aromatic N) is 1. The maximum atomic E-state index is 8.12. The maximum absolute atomic E-state index is 8.12. The Balaban J connectivity index is 2.06. The summed E-state index contributed by atoms with van der Waals surface area (Å²) in [4.78, 5) is 0. The lowest BCUT2D eigenvalue weighted by molar-refractivity contribution is -0.660. The van der Waals surface area contributed by atoms with Gasteiger partial charge in [0.15, 0.2) is 6.20 Å². The molecule has 0 N–H and O–H groups in total. The minimum absolute atomic E-state index is 0.131. The van der Waals surface area contributed by atoms with Crippen molar-refractivity contribution in [3.63, 3.8) is 0 Å². The average Bonchev–Trinajstić information content (AvgIpc) is 2.83. The van der Waals surface area contributed by atoms with Gasteiger partial charge in [0.2, 0.25) is 5.69 Å². The molecule has 0 spiro atoms. The Hall–Kier alpha value is -2.41. The molecular weight excluding hydrogens is 302 g/mol. The van der Waals surface area contributed by atoms with Crippen molar-refractivity contribution in [2.24, 2.45) is 7.05 Å². The summed E-state index contributed by atoms with van der Waals surface area (Å²) in [5.74, 6) is 0. The molecule has 0 fully saturated rings. The highest BCUT2D eigenvalue weighted by Gasteiger charge is 2.39. The zero-order valence-corrected chi connectivity index (χ0v) is 15.6. The van der Waals surface area contributed by atoms with Crippen molar-refractivity contribution in [1.29, 1.82) is 0 Å². The van der Waals surface area contributed by atoms with Crippen molar-refractivity contribution in [3.05, 3.63) is 77.0 Å². The number of hydrogen-bond donors (Lipinski definition) is 0. The zero-order chi connectivity index (χ0) is 19.6. The van der Waals surface area contributed by atoms with Crippen LogP contribution in [0.15, 0.2) is 54.7 Å². The third-order valence-corrected chi connectivity index (χ3v) is 5.62. The molecule has 1 aliphatic rings. The van der Waals surface area contributed by atoms with E-state index in [0.717, 1.165) is 11.1 Å². The fourth-order valence-electron chi connectivity index (χ4n) is 4.30. The van der Waals surface area contributed by atoms with E-state index >= 15 is 0 Å². The second-order valence-electron chi connectivity index (χ2n) is 7.51. The fraction of sp³-hybridized carbons (Fsp3) is 0.292. The van der Waals surface area contributed by atoms with E-state index < -0.39 is 6.37 Å². The average molecular weight is 330 g/mol. The van der Waals surface area contributed by atoms with Crippen molar-refractivity contribution < 1.29 is 7.31 Å². The van der Waals surface area contributed by atoms with Gasteiger partial charge in [-0.2, -0.15) is 0 Å². The summed E-state index contributed by atoms with van der Waals surface area (Å²) in [5, 5.41) is 0. The molecule has 4 rings (SSSR count). The normalized spacial score (nSPS) is 16.0. The first kappa shape index (κ1) is 13.8. The predicted octanol–water partition coefficient (Wildman–Crippen LogP) is 5.36. The van der Waals surface area contributed by atoms with E-state index in [2.05, 4.69) is 75.0 Å². The van der Waals surface area contributed by atoms with Crippen LogP contribution in [0.5, 0.6) is 0 Å². The van der Waals surface area contributed by atoms with Crippen LogP contribution in [0.1, 0.15) is 45.8 Å². The van der Waals surface area contributed by atoms with Crippen molar-refractivity contribution in [2.45, 2.75) is 39.5 Å². The first-order valence-electron chi connectivity index (χ1n) is 9.87. The van der Waals surface area contributed by atoms with Crippen LogP contribution < -0.4 is 4.57 Å². The Morgan fingerprint density at radius 1 is 1.04 bits per heavy atom. The topological polar surface area (TPSA) is 3.88 Å². The standard InChI is InChI=1S/C24H26N/c1-6-17-11-13-20-19(15-17)18-12-10-16(2)22(23(18)24(20,3)4)21-9-7-8-14-25(21)5/h7-15H,6H2,1-5H3/q+1/i6D2. The number of rotatable bonds is 2. The third-order valence-electron chi connectivity index (χ3n) is 5.62. The van der Waals surface area contributed by atoms with Crippen molar-refractivity contribution in [3.8, 4) is 22.4 Å². The Kier molecular flexibility index (Phi) is 3.07. The summed E-state index contributed by atoms with van der Waals surface area (Å²) in [6, 6.07) is 16.8. The highest BCUT2D eigenvalue weighted by molar-refractivity contribution is 5.88. The van der Waals surface area contributed by atoms with E-state index in [9.17, 15) is 0 Å². The van der Waals surface area contributed by atoms with E-state index in [0.29, 0.717) is 0 Å². The molecule has 0 aliphatic heterocycles. The van der Waals surface area contributed by atoms with Crippen LogP contribution in [0, 0.1) is 6.92 Å². The monoisotopic (exact) mass is 330 g/mol. The van der Waals surface area contributed by atoms with Crippen LogP contribution >= 0.6 is 0 Å². The summed E-state index contributed by atoms with van der Waals surface area (Å²) in [6.45, 7) is 8.37. The summed E-state index contributed by atoms with van der Waals surface area (Å²) in [7, 11) is 2.09. The van der Waals surface area contributed by atoms with Crippen LogP contribution in [-0.4, -0.2) is 0 Å². The highest BCUT2D eigenvalue weighted by Crippen LogP contribution is 2.52. The number of aryl methyl sites for hydroxylation is 3. The van der Waals surface area contributed by atoms with Crippen LogP contribution in [0.4, 0.5) is 0 Å². The maximum Gasteiger partial charge on any atom is 0.212 e. The van der Waals surface area contributed by atoms with Gasteiger partial charge in [-0.05, 0) is 52.7 Å². The summed E-state index contributed by atoms with van der Waals surface area (Å²) < 4.78 is 18.4. The van der Waals surface area contributed by atoms with E-state index in [1.807, 2.05) is 12.1 Å². The van der Waals surface area contributed by atoms with Gasteiger partial charge in [0.25, 0.3) is 0 Å². The van der Waals surface area contributed by atoms with Crippen LogP contribution in [0.25, 0.3) is 22.4 Å². The first-order valence-corrected chi connectivity index (χ1v) is 8.87. The molecule has 2 aromatic carbocycles. The number of pyridine rings is 1. The molecule has 25 heavy (non-hydrogen) atoms. The number of fused-ring (bicyclic) bond motifs is 3. The highest BCUT2D eigenvalue weighted by atomic mass is 14.9. The minimum atomic E-state index is -1.35. The number of benzene rings is 2. The van der Waals surface area contributed by atoms with Gasteiger partial charge in [-0.15, -0.1) is 0 Å². The lowest BCUT2D eigenvalue weighted by Crippen LogP contribution is -2.31. The third kappa shape index (κ3) is 2.26. The Bertz CT molecular complexity index is 1060. The molecule has 1 aromatic heterocycles. The summed E-state index contributed by atoms with van der Waals surface area (Å²) in [6.07, 6.45) is 0.744. The quantitative estimate of drug-likeness (QED) is 0.557. The van der Waals surface area contributed by atoms with Gasteiger partial charge in [0.1, 0.15) is 7.05 Å². The van der Waals surface area contributed by atoms with E-state index in [1.54, 1.807) is 6.92 Å². The van der Waals surface area contributed by atoms with Gasteiger partial charge in [-0.1, -0.05) is 51.1 Å². The molecule has 126 valence electrons. The van der Waals surface area contributed by atoms with Crippen molar-refractivity contribution in [2.75, 3.05) is 0 Å². The lowest BCUT2D eigenvalue weighted by Gasteiger charge is -2.24. The van der Waals surface area contributed by atoms with Gasteiger partial charge in [0, 0.05) is 20.3 Å². The van der Waals surface area contributed by atoms with Gasteiger partial charge in [-0.3, -0.25) is 0 Å². The van der Waals surface area contributed by atoms with E-state index in [-0.39, 0.29) is 5.41 Å². The Morgan fingerprint density at radius 2 is 1.84 bits per heavy atom. The molecule has 1 heterocycles. The lowest BCUT2D eigenvalue weighted by atomic mass is 9.78. The van der Waals surface area contributed by atoms with E-state index in [1.165, 1.54) is 33.5 Å². The van der Waals surface area contributed by atoms with Crippen LogP contribution in [0.3, 0.4) is 0 Å².